The second-order valence-electron chi connectivity index (χ2n) is 14.4. The highest BCUT2D eigenvalue weighted by atomic mass is 15.3. The first-order valence-electron chi connectivity index (χ1n) is 18.7. The minimum atomic E-state index is 0.295. The highest BCUT2D eigenvalue weighted by Crippen LogP contribution is 2.38. The lowest BCUT2D eigenvalue weighted by Gasteiger charge is -2.20. The lowest BCUT2D eigenvalue weighted by Crippen LogP contribution is -2.28. The van der Waals surface area contributed by atoms with Crippen LogP contribution in [0.3, 0.4) is 0 Å². The molecular formula is C40H40N14. The van der Waals surface area contributed by atoms with Gasteiger partial charge in [-0.25, -0.2) is 29.0 Å². The summed E-state index contributed by atoms with van der Waals surface area (Å²) in [6, 6.07) is 16.5. The molecule has 2 aliphatic heterocycles. The average Bonchev–Trinajstić information content (AvgIpc) is 4.04. The van der Waals surface area contributed by atoms with Crippen LogP contribution in [0.5, 0.6) is 0 Å². The first-order chi connectivity index (χ1) is 26.6. The number of nitrogens with zero attached hydrogens (tertiary/aromatic N) is 10. The van der Waals surface area contributed by atoms with Crippen LogP contribution in [0.2, 0.25) is 0 Å². The predicted molar refractivity (Wildman–Crippen MR) is 206 cm³/mol. The maximum Gasteiger partial charge on any atom is 0.163 e. The highest BCUT2D eigenvalue weighted by Gasteiger charge is 2.26. The SMILES string of the molecule is Cc1cccc(-c2nc(C3CCNCC3)[nH]c2-c2cc(-c3ccc(-c4nc(C5CCCNC5)[nH]c4-c4ccc5ncnn5c4)nc3C)c3ncnn3c2)n1. The molecular weight excluding hydrogens is 677 g/mol. The molecule has 4 N–H and O–H groups in total. The van der Waals surface area contributed by atoms with Crippen molar-refractivity contribution in [3.05, 3.63) is 96.6 Å². The second kappa shape index (κ2) is 13.4. The molecule has 0 aromatic carbocycles. The molecule has 0 amide bonds. The van der Waals surface area contributed by atoms with Crippen molar-refractivity contribution in [2.75, 3.05) is 26.2 Å². The fourth-order valence-electron chi connectivity index (χ4n) is 8.02. The van der Waals surface area contributed by atoms with E-state index in [9.17, 15) is 0 Å². The minimum absolute atomic E-state index is 0.295. The molecule has 1 atom stereocenters. The van der Waals surface area contributed by atoms with Crippen LogP contribution < -0.4 is 10.6 Å². The zero-order valence-electron chi connectivity index (χ0n) is 30.2. The number of aryl methyl sites for hydroxylation is 2. The van der Waals surface area contributed by atoms with Crippen LogP contribution in [0.25, 0.3) is 67.7 Å². The van der Waals surface area contributed by atoms with Gasteiger partial charge in [0, 0.05) is 64.4 Å². The summed E-state index contributed by atoms with van der Waals surface area (Å²) < 4.78 is 3.63. The Labute approximate surface area is 311 Å². The van der Waals surface area contributed by atoms with E-state index in [4.69, 9.17) is 24.9 Å². The van der Waals surface area contributed by atoms with Crippen LogP contribution in [0, 0.1) is 13.8 Å². The zero-order valence-corrected chi connectivity index (χ0v) is 30.2. The second-order valence-corrected chi connectivity index (χ2v) is 14.4. The van der Waals surface area contributed by atoms with Gasteiger partial charge in [-0.1, -0.05) is 12.1 Å². The number of rotatable bonds is 7. The molecule has 270 valence electrons. The van der Waals surface area contributed by atoms with Crippen LogP contribution in [0.15, 0.2) is 73.6 Å². The third kappa shape index (κ3) is 5.83. The standard InChI is InChI=1S/C40H40N14/c1-23-5-3-7-31(47-23)36-35(50-38(51-36)25-12-15-41-16-13-25)28-17-30(40-44-22-46-54(40)20-28)29-9-10-32(48-24(29)2)37-34(27-8-11-33-43-21-45-53(33)19-27)49-39(52-37)26-6-4-14-42-18-26/h3,5,7-11,17,19-22,25-26,41-42H,4,6,12-16,18H2,1-2H3,(H,49,52)(H,50,51). The van der Waals surface area contributed by atoms with Gasteiger partial charge in [0.2, 0.25) is 0 Å². The molecule has 14 heteroatoms. The summed E-state index contributed by atoms with van der Waals surface area (Å²) >= 11 is 0. The van der Waals surface area contributed by atoms with Crippen molar-refractivity contribution in [1.29, 1.82) is 0 Å². The number of H-pyrrole nitrogens is 2. The summed E-state index contributed by atoms with van der Waals surface area (Å²) in [6.07, 6.45) is 11.4. The Hall–Kier alpha value is -6.12. The molecule has 2 fully saturated rings. The third-order valence-corrected chi connectivity index (χ3v) is 10.8. The maximum atomic E-state index is 5.22. The van der Waals surface area contributed by atoms with E-state index < -0.39 is 0 Å². The topological polar surface area (TPSA) is 168 Å². The van der Waals surface area contributed by atoms with E-state index in [2.05, 4.69) is 60.0 Å². The lowest BCUT2D eigenvalue weighted by molar-refractivity contribution is 0.447. The average molecular weight is 717 g/mol. The molecule has 8 aromatic rings. The molecule has 0 radical (unpaired) electrons. The molecule has 1 unspecified atom stereocenters. The number of imidazole rings is 2. The van der Waals surface area contributed by atoms with Crippen LogP contribution in [-0.4, -0.2) is 85.3 Å². The van der Waals surface area contributed by atoms with E-state index >= 15 is 0 Å². The van der Waals surface area contributed by atoms with Gasteiger partial charge in [-0.3, -0.25) is 9.97 Å². The Kier molecular flexibility index (Phi) is 8.06. The third-order valence-electron chi connectivity index (χ3n) is 10.8. The van der Waals surface area contributed by atoms with Crippen molar-refractivity contribution in [3.8, 4) is 56.4 Å². The Morgan fingerprint density at radius 3 is 2.20 bits per heavy atom. The van der Waals surface area contributed by atoms with E-state index in [0.717, 1.165) is 143 Å². The minimum Gasteiger partial charge on any atom is -0.341 e. The van der Waals surface area contributed by atoms with Crippen LogP contribution >= 0.6 is 0 Å². The van der Waals surface area contributed by atoms with Gasteiger partial charge in [0.05, 0.1) is 22.8 Å². The van der Waals surface area contributed by atoms with E-state index in [-0.39, 0.29) is 0 Å². The Morgan fingerprint density at radius 2 is 1.41 bits per heavy atom. The Morgan fingerprint density at radius 1 is 0.648 bits per heavy atom. The summed E-state index contributed by atoms with van der Waals surface area (Å²) in [5, 5.41) is 16.0. The Bertz CT molecular complexity index is 2630. The molecule has 0 aliphatic carbocycles. The molecule has 2 saturated heterocycles. The summed E-state index contributed by atoms with van der Waals surface area (Å²) in [5.74, 6) is 2.60. The largest absolute Gasteiger partial charge is 0.341 e. The van der Waals surface area contributed by atoms with E-state index in [1.165, 1.54) is 0 Å². The van der Waals surface area contributed by atoms with Crippen molar-refractivity contribution in [2.45, 2.75) is 51.4 Å². The van der Waals surface area contributed by atoms with E-state index in [0.29, 0.717) is 11.8 Å². The summed E-state index contributed by atoms with van der Waals surface area (Å²) in [4.78, 5) is 37.0. The Balaban J connectivity index is 1.08. The quantitative estimate of drug-likeness (QED) is 0.156. The zero-order chi connectivity index (χ0) is 36.2. The van der Waals surface area contributed by atoms with Crippen molar-refractivity contribution in [3.63, 3.8) is 0 Å². The van der Waals surface area contributed by atoms with Gasteiger partial charge >= 0.3 is 0 Å². The van der Waals surface area contributed by atoms with Gasteiger partial charge in [0.25, 0.3) is 0 Å². The molecule has 10 rings (SSSR count). The monoisotopic (exact) mass is 716 g/mol. The molecule has 54 heavy (non-hydrogen) atoms. The number of piperidine rings is 2. The number of aromatic amines is 2. The first kappa shape index (κ1) is 32.5. The normalized spacial score (nSPS) is 16.8. The molecule has 0 saturated carbocycles. The molecule has 0 spiro atoms. The predicted octanol–water partition coefficient (Wildman–Crippen LogP) is 5.89. The van der Waals surface area contributed by atoms with Gasteiger partial charge in [-0.2, -0.15) is 10.2 Å². The molecule has 10 heterocycles. The molecule has 0 bridgehead atoms. The van der Waals surface area contributed by atoms with Gasteiger partial charge in [0.15, 0.2) is 11.3 Å². The van der Waals surface area contributed by atoms with Crippen molar-refractivity contribution in [1.82, 2.24) is 69.7 Å². The van der Waals surface area contributed by atoms with Crippen molar-refractivity contribution in [2.24, 2.45) is 0 Å². The first-order valence-corrected chi connectivity index (χ1v) is 18.7. The number of hydrogen-bond donors (Lipinski definition) is 4. The molecule has 2 aliphatic rings. The van der Waals surface area contributed by atoms with Gasteiger partial charge < -0.3 is 20.6 Å². The smallest absolute Gasteiger partial charge is 0.163 e. The van der Waals surface area contributed by atoms with Crippen LogP contribution in [0.1, 0.15) is 60.6 Å². The summed E-state index contributed by atoms with van der Waals surface area (Å²) in [5.41, 5.74) is 12.2. The molecule has 14 nitrogen and oxygen atoms in total. The summed E-state index contributed by atoms with van der Waals surface area (Å²) in [7, 11) is 0. The number of pyridine rings is 4. The van der Waals surface area contributed by atoms with Gasteiger partial charge in [-0.05, 0) is 95.6 Å². The van der Waals surface area contributed by atoms with Gasteiger partial charge in [-0.15, -0.1) is 0 Å². The fourth-order valence-corrected chi connectivity index (χ4v) is 8.02. The van der Waals surface area contributed by atoms with E-state index in [1.807, 2.05) is 55.0 Å². The number of nitrogens with one attached hydrogen (secondary N) is 4. The van der Waals surface area contributed by atoms with Crippen molar-refractivity contribution >= 4 is 11.3 Å². The van der Waals surface area contributed by atoms with Crippen LogP contribution in [0.4, 0.5) is 0 Å². The number of hydrogen-bond acceptors (Lipinski definition) is 10. The summed E-state index contributed by atoms with van der Waals surface area (Å²) in [6.45, 7) is 7.94. The van der Waals surface area contributed by atoms with Crippen molar-refractivity contribution < 1.29 is 0 Å². The van der Waals surface area contributed by atoms with E-state index in [1.54, 1.807) is 17.2 Å². The lowest BCUT2D eigenvalue weighted by atomic mass is 9.97. The highest BCUT2D eigenvalue weighted by molar-refractivity contribution is 5.86. The maximum absolute atomic E-state index is 5.22. The number of fused-ring (bicyclic) bond motifs is 2. The van der Waals surface area contributed by atoms with Crippen LogP contribution in [-0.2, 0) is 0 Å². The number of aromatic nitrogens is 12. The fraction of sp³-hybridized carbons (Fsp3) is 0.300. The van der Waals surface area contributed by atoms with Gasteiger partial charge in [0.1, 0.15) is 35.7 Å². The molecule has 8 aromatic heterocycles.